The van der Waals surface area contributed by atoms with Gasteiger partial charge in [-0.3, -0.25) is 0 Å². The average molecular weight is 339 g/mol. The van der Waals surface area contributed by atoms with Crippen molar-refractivity contribution >= 4 is 44.6 Å². The lowest BCUT2D eigenvalue weighted by molar-refractivity contribution is 0.0601. The van der Waals surface area contributed by atoms with Crippen molar-refractivity contribution in [2.24, 2.45) is 4.99 Å². The SMILES string of the molecule is COC(=O)c1ccc2nc(N=Cc3ccc(N(C)C)cc3)sc2c1. The summed E-state index contributed by atoms with van der Waals surface area (Å²) in [5.74, 6) is -0.351. The second-order valence-corrected chi connectivity index (χ2v) is 6.42. The molecule has 0 aliphatic rings. The summed E-state index contributed by atoms with van der Waals surface area (Å²) < 4.78 is 5.65. The van der Waals surface area contributed by atoms with Crippen molar-refractivity contribution in [2.75, 3.05) is 26.1 Å². The molecular formula is C18H17N3O2S. The Balaban J connectivity index is 1.83. The predicted octanol–water partition coefficient (Wildman–Crippen LogP) is 3.90. The van der Waals surface area contributed by atoms with E-state index in [0.29, 0.717) is 10.7 Å². The molecule has 0 aliphatic carbocycles. The molecule has 0 aliphatic heterocycles. The molecule has 0 amide bonds. The number of thiazole rings is 1. The number of aromatic nitrogens is 1. The third-order valence-corrected chi connectivity index (χ3v) is 4.46. The molecule has 1 aromatic heterocycles. The van der Waals surface area contributed by atoms with Gasteiger partial charge in [-0.1, -0.05) is 23.5 Å². The Morgan fingerprint density at radius 1 is 1.21 bits per heavy atom. The lowest BCUT2D eigenvalue weighted by atomic mass is 10.2. The summed E-state index contributed by atoms with van der Waals surface area (Å²) in [6.45, 7) is 0. The van der Waals surface area contributed by atoms with Crippen LogP contribution in [0.15, 0.2) is 47.5 Å². The number of nitrogens with zero attached hydrogens (tertiary/aromatic N) is 3. The monoisotopic (exact) mass is 339 g/mol. The molecule has 0 spiro atoms. The van der Waals surface area contributed by atoms with E-state index < -0.39 is 0 Å². The Morgan fingerprint density at radius 3 is 2.62 bits per heavy atom. The van der Waals surface area contributed by atoms with Gasteiger partial charge in [0.25, 0.3) is 0 Å². The first kappa shape index (κ1) is 16.1. The predicted molar refractivity (Wildman–Crippen MR) is 99.0 cm³/mol. The van der Waals surface area contributed by atoms with Crippen LogP contribution in [0.3, 0.4) is 0 Å². The molecule has 6 heteroatoms. The largest absolute Gasteiger partial charge is 0.465 e. The topological polar surface area (TPSA) is 54.8 Å². The van der Waals surface area contributed by atoms with Gasteiger partial charge in [0.2, 0.25) is 5.13 Å². The fraction of sp³-hybridized carbons (Fsp3) is 0.167. The lowest BCUT2D eigenvalue weighted by Crippen LogP contribution is -2.08. The Labute approximate surface area is 144 Å². The number of ether oxygens (including phenoxy) is 1. The Bertz CT molecular complexity index is 898. The van der Waals surface area contributed by atoms with Crippen LogP contribution in [-0.4, -0.2) is 38.4 Å². The molecule has 2 aromatic carbocycles. The minimum absolute atomic E-state index is 0.351. The third kappa shape index (κ3) is 3.44. The van der Waals surface area contributed by atoms with E-state index in [1.165, 1.54) is 18.4 Å². The van der Waals surface area contributed by atoms with Crippen molar-refractivity contribution in [1.29, 1.82) is 0 Å². The van der Waals surface area contributed by atoms with Crippen LogP contribution in [0.1, 0.15) is 15.9 Å². The van der Waals surface area contributed by atoms with E-state index in [1.807, 2.05) is 49.3 Å². The molecule has 0 bridgehead atoms. The van der Waals surface area contributed by atoms with Crippen molar-refractivity contribution in [3.63, 3.8) is 0 Å². The van der Waals surface area contributed by atoms with Crippen molar-refractivity contribution in [1.82, 2.24) is 4.98 Å². The first-order valence-corrected chi connectivity index (χ1v) is 8.19. The van der Waals surface area contributed by atoms with E-state index in [0.717, 1.165) is 21.5 Å². The highest BCUT2D eigenvalue weighted by molar-refractivity contribution is 7.22. The molecule has 1 heterocycles. The number of benzene rings is 2. The number of esters is 1. The molecular weight excluding hydrogens is 322 g/mol. The molecule has 3 rings (SSSR count). The highest BCUT2D eigenvalue weighted by atomic mass is 32.1. The fourth-order valence-electron chi connectivity index (χ4n) is 2.20. The molecule has 0 N–H and O–H groups in total. The van der Waals surface area contributed by atoms with Gasteiger partial charge >= 0.3 is 5.97 Å². The van der Waals surface area contributed by atoms with E-state index >= 15 is 0 Å². The maximum Gasteiger partial charge on any atom is 0.337 e. The van der Waals surface area contributed by atoms with E-state index in [2.05, 4.69) is 9.98 Å². The molecule has 0 radical (unpaired) electrons. The van der Waals surface area contributed by atoms with Gasteiger partial charge in [0.05, 0.1) is 22.9 Å². The van der Waals surface area contributed by atoms with E-state index in [-0.39, 0.29) is 5.97 Å². The molecule has 0 atom stereocenters. The molecule has 24 heavy (non-hydrogen) atoms. The summed E-state index contributed by atoms with van der Waals surface area (Å²) in [5, 5.41) is 0.656. The Morgan fingerprint density at radius 2 is 1.96 bits per heavy atom. The summed E-state index contributed by atoms with van der Waals surface area (Å²) in [7, 11) is 5.39. The van der Waals surface area contributed by atoms with E-state index in [4.69, 9.17) is 4.74 Å². The molecule has 122 valence electrons. The minimum Gasteiger partial charge on any atom is -0.465 e. The average Bonchev–Trinajstić information content (AvgIpc) is 3.01. The van der Waals surface area contributed by atoms with Gasteiger partial charge in [-0.05, 0) is 35.9 Å². The van der Waals surface area contributed by atoms with Gasteiger partial charge in [-0.15, -0.1) is 0 Å². The zero-order valence-corrected chi connectivity index (χ0v) is 14.5. The summed E-state index contributed by atoms with van der Waals surface area (Å²) in [5.41, 5.74) is 3.49. The van der Waals surface area contributed by atoms with Crippen LogP contribution in [0.2, 0.25) is 0 Å². The van der Waals surface area contributed by atoms with Crippen molar-refractivity contribution in [3.8, 4) is 0 Å². The summed E-state index contributed by atoms with van der Waals surface area (Å²) in [4.78, 5) is 22.5. The number of carbonyl (C=O) groups is 1. The summed E-state index contributed by atoms with van der Waals surface area (Å²) >= 11 is 1.44. The number of fused-ring (bicyclic) bond motifs is 1. The smallest absolute Gasteiger partial charge is 0.337 e. The molecule has 0 fully saturated rings. The van der Waals surface area contributed by atoms with E-state index in [9.17, 15) is 4.79 Å². The van der Waals surface area contributed by atoms with Crippen LogP contribution in [0.25, 0.3) is 10.2 Å². The highest BCUT2D eigenvalue weighted by Crippen LogP contribution is 2.29. The van der Waals surface area contributed by atoms with Crippen molar-refractivity contribution in [2.45, 2.75) is 0 Å². The number of aliphatic imine (C=N–C) groups is 1. The van der Waals surface area contributed by atoms with Gasteiger partial charge in [-0.2, -0.15) is 0 Å². The number of methoxy groups -OCH3 is 1. The minimum atomic E-state index is -0.351. The third-order valence-electron chi connectivity index (χ3n) is 3.53. The first-order valence-electron chi connectivity index (χ1n) is 7.37. The van der Waals surface area contributed by atoms with Crippen LogP contribution < -0.4 is 4.90 Å². The normalized spacial score (nSPS) is 11.1. The maximum atomic E-state index is 11.6. The molecule has 5 nitrogen and oxygen atoms in total. The number of hydrogen-bond acceptors (Lipinski definition) is 6. The lowest BCUT2D eigenvalue weighted by Gasteiger charge is -2.11. The first-order chi connectivity index (χ1) is 11.6. The fourth-order valence-corrected chi connectivity index (χ4v) is 3.05. The van der Waals surface area contributed by atoms with Crippen molar-refractivity contribution in [3.05, 3.63) is 53.6 Å². The van der Waals surface area contributed by atoms with Crippen LogP contribution in [0, 0.1) is 0 Å². The molecule has 0 saturated heterocycles. The van der Waals surface area contributed by atoms with Crippen LogP contribution in [-0.2, 0) is 4.74 Å². The van der Waals surface area contributed by atoms with Crippen LogP contribution in [0.5, 0.6) is 0 Å². The number of carbonyl (C=O) groups excluding carboxylic acids is 1. The van der Waals surface area contributed by atoms with Gasteiger partial charge in [-0.25, -0.2) is 14.8 Å². The number of rotatable bonds is 4. The second-order valence-electron chi connectivity index (χ2n) is 5.41. The van der Waals surface area contributed by atoms with E-state index in [1.54, 1.807) is 18.3 Å². The zero-order chi connectivity index (χ0) is 17.1. The highest BCUT2D eigenvalue weighted by Gasteiger charge is 2.09. The van der Waals surface area contributed by atoms with Gasteiger partial charge in [0, 0.05) is 26.0 Å². The zero-order valence-electron chi connectivity index (χ0n) is 13.7. The van der Waals surface area contributed by atoms with Gasteiger partial charge in [0.15, 0.2) is 0 Å². The van der Waals surface area contributed by atoms with Crippen LogP contribution in [0.4, 0.5) is 10.8 Å². The quantitative estimate of drug-likeness (QED) is 0.534. The molecule has 0 saturated carbocycles. The van der Waals surface area contributed by atoms with Crippen molar-refractivity contribution < 1.29 is 9.53 Å². The second kappa shape index (κ2) is 6.80. The number of anilines is 1. The number of hydrogen-bond donors (Lipinski definition) is 0. The molecule has 3 aromatic rings. The van der Waals surface area contributed by atoms with Gasteiger partial charge < -0.3 is 9.64 Å². The van der Waals surface area contributed by atoms with Gasteiger partial charge in [0.1, 0.15) is 0 Å². The summed E-state index contributed by atoms with van der Waals surface area (Å²) in [6.07, 6.45) is 1.79. The Hall–Kier alpha value is -2.73. The Kier molecular flexibility index (Phi) is 4.57. The maximum absolute atomic E-state index is 11.6. The summed E-state index contributed by atoms with van der Waals surface area (Å²) in [6, 6.07) is 13.4. The van der Waals surface area contributed by atoms with Crippen LogP contribution >= 0.6 is 11.3 Å². The molecule has 0 unspecified atom stereocenters. The standard InChI is InChI=1S/C18H17N3O2S/c1-21(2)14-7-4-12(5-8-14)11-19-18-20-15-9-6-13(17(22)23-3)10-16(15)24-18/h4-11H,1-3H3.